The Balaban J connectivity index is 1.40. The number of rotatable bonds is 8. The minimum atomic E-state index is 0.0337. The van der Waals surface area contributed by atoms with E-state index in [0.717, 1.165) is 27.8 Å². The minimum Gasteiger partial charge on any atom is -0.467 e. The lowest BCUT2D eigenvalue weighted by Gasteiger charge is -2.09. The van der Waals surface area contributed by atoms with Crippen LogP contribution in [-0.2, 0) is 6.54 Å². The van der Waals surface area contributed by atoms with Crippen LogP contribution in [0, 0.1) is 13.8 Å². The molecule has 5 aromatic heterocycles. The van der Waals surface area contributed by atoms with Gasteiger partial charge in [0, 0.05) is 46.5 Å². The molecule has 0 radical (unpaired) electrons. The first kappa shape index (κ1) is 21.4. The Hall–Kier alpha value is -3.50. The lowest BCUT2D eigenvalue weighted by Crippen LogP contribution is -2.08. The van der Waals surface area contributed by atoms with Crippen molar-refractivity contribution in [3.8, 4) is 16.5 Å². The number of ketones is 1. The maximum Gasteiger partial charge on any atom is 0.193 e. The van der Waals surface area contributed by atoms with Gasteiger partial charge in [-0.3, -0.25) is 18.9 Å². The second-order valence-corrected chi connectivity index (χ2v) is 9.18. The first-order valence-corrected chi connectivity index (χ1v) is 12.1. The summed E-state index contributed by atoms with van der Waals surface area (Å²) >= 11 is 2.91. The van der Waals surface area contributed by atoms with Crippen molar-refractivity contribution in [3.63, 3.8) is 0 Å². The Kier molecular flexibility index (Phi) is 5.93. The largest absolute Gasteiger partial charge is 0.467 e. The Labute approximate surface area is 198 Å². The molecule has 0 saturated carbocycles. The number of aryl methyl sites for hydroxylation is 1. The zero-order chi connectivity index (χ0) is 22.8. The number of hydrogen-bond donors (Lipinski definition) is 0. The number of nitrogens with zero attached hydrogens (tertiary/aromatic N) is 6. The molecule has 0 fully saturated rings. The van der Waals surface area contributed by atoms with Gasteiger partial charge in [0.1, 0.15) is 5.76 Å². The van der Waals surface area contributed by atoms with E-state index in [4.69, 9.17) is 4.42 Å². The summed E-state index contributed by atoms with van der Waals surface area (Å²) in [5.41, 5.74) is 3.42. The van der Waals surface area contributed by atoms with E-state index in [0.29, 0.717) is 23.1 Å². The maximum absolute atomic E-state index is 13.1. The molecule has 0 aliphatic heterocycles. The molecule has 5 rings (SSSR count). The predicted octanol–water partition coefficient (Wildman–Crippen LogP) is 4.82. The second kappa shape index (κ2) is 9.16. The lowest BCUT2D eigenvalue weighted by molar-refractivity contribution is 0.102. The molecule has 0 aromatic carbocycles. The first-order valence-electron chi connectivity index (χ1n) is 10.2. The third-order valence-corrected chi connectivity index (χ3v) is 6.93. The van der Waals surface area contributed by atoms with Crippen molar-refractivity contribution < 1.29 is 9.21 Å². The highest BCUT2D eigenvalue weighted by Crippen LogP contribution is 2.27. The van der Waals surface area contributed by atoms with Crippen LogP contribution in [0.25, 0.3) is 16.5 Å². The SMILES string of the molecule is Cc1cc(C(=O)CSc2nnc(-c3cccnc3)n2Cc2ccco2)c(C)n1-c1nccs1. The van der Waals surface area contributed by atoms with Crippen LogP contribution in [0.15, 0.2) is 70.1 Å². The summed E-state index contributed by atoms with van der Waals surface area (Å²) in [4.78, 5) is 21.7. The first-order chi connectivity index (χ1) is 16.1. The molecule has 0 spiro atoms. The van der Waals surface area contributed by atoms with Gasteiger partial charge in [-0.1, -0.05) is 11.8 Å². The minimum absolute atomic E-state index is 0.0337. The average Bonchev–Trinajstić information content (AvgIpc) is 3.62. The van der Waals surface area contributed by atoms with Gasteiger partial charge in [0.15, 0.2) is 21.9 Å². The number of thioether (sulfide) groups is 1. The predicted molar refractivity (Wildman–Crippen MR) is 127 cm³/mol. The quantitative estimate of drug-likeness (QED) is 0.234. The number of carbonyl (C=O) groups is 1. The summed E-state index contributed by atoms with van der Waals surface area (Å²) in [6.07, 6.45) is 6.86. The molecule has 8 nitrogen and oxygen atoms in total. The summed E-state index contributed by atoms with van der Waals surface area (Å²) in [6.45, 7) is 4.39. The van der Waals surface area contributed by atoms with Gasteiger partial charge in [-0.15, -0.1) is 21.5 Å². The topological polar surface area (TPSA) is 91.6 Å². The highest BCUT2D eigenvalue weighted by atomic mass is 32.2. The summed E-state index contributed by atoms with van der Waals surface area (Å²) in [7, 11) is 0. The molecule has 0 unspecified atom stereocenters. The Bertz CT molecular complexity index is 1370. The average molecular weight is 477 g/mol. The van der Waals surface area contributed by atoms with Gasteiger partial charge in [-0.2, -0.15) is 0 Å². The molecule has 0 bridgehead atoms. The number of aromatic nitrogens is 6. The number of hydrogen-bond acceptors (Lipinski definition) is 8. The third kappa shape index (κ3) is 4.27. The van der Waals surface area contributed by atoms with Crippen LogP contribution in [0.5, 0.6) is 0 Å². The molecule has 5 aromatic rings. The van der Waals surface area contributed by atoms with Gasteiger partial charge in [0.2, 0.25) is 0 Å². The van der Waals surface area contributed by atoms with Crippen molar-refractivity contribution >= 4 is 28.9 Å². The fourth-order valence-electron chi connectivity index (χ4n) is 3.68. The molecule has 0 aliphatic rings. The van der Waals surface area contributed by atoms with Crippen LogP contribution in [0.2, 0.25) is 0 Å². The fraction of sp³-hybridized carbons (Fsp3) is 0.174. The molecule has 0 atom stereocenters. The van der Waals surface area contributed by atoms with Crippen molar-refractivity contribution in [2.45, 2.75) is 25.5 Å². The molecule has 0 N–H and O–H groups in total. The number of pyridine rings is 1. The van der Waals surface area contributed by atoms with Crippen molar-refractivity contribution in [2.75, 3.05) is 5.75 Å². The van der Waals surface area contributed by atoms with E-state index in [1.54, 1.807) is 36.2 Å². The molecule has 5 heterocycles. The van der Waals surface area contributed by atoms with Crippen LogP contribution >= 0.6 is 23.1 Å². The summed E-state index contributed by atoms with van der Waals surface area (Å²) < 4.78 is 9.51. The molecular formula is C23H20N6O2S2. The van der Waals surface area contributed by atoms with E-state index in [1.165, 1.54) is 11.8 Å². The van der Waals surface area contributed by atoms with E-state index in [9.17, 15) is 4.79 Å². The molecule has 0 amide bonds. The van der Waals surface area contributed by atoms with Gasteiger partial charge in [-0.25, -0.2) is 4.98 Å². The Morgan fingerprint density at radius 2 is 2.09 bits per heavy atom. The summed E-state index contributed by atoms with van der Waals surface area (Å²) in [5.74, 6) is 1.73. The number of furan rings is 1. The molecule has 33 heavy (non-hydrogen) atoms. The van der Waals surface area contributed by atoms with Crippen LogP contribution < -0.4 is 0 Å². The molecule has 0 saturated heterocycles. The smallest absolute Gasteiger partial charge is 0.193 e. The van der Waals surface area contributed by atoms with Crippen molar-refractivity contribution in [3.05, 3.63) is 83.3 Å². The van der Waals surface area contributed by atoms with Gasteiger partial charge in [-0.05, 0) is 44.2 Å². The van der Waals surface area contributed by atoms with Crippen LogP contribution in [0.1, 0.15) is 27.5 Å². The van der Waals surface area contributed by atoms with Gasteiger partial charge in [0.05, 0.1) is 18.6 Å². The normalized spacial score (nSPS) is 11.2. The van der Waals surface area contributed by atoms with Crippen molar-refractivity contribution in [1.29, 1.82) is 0 Å². The zero-order valence-electron chi connectivity index (χ0n) is 18.0. The van der Waals surface area contributed by atoms with E-state index in [-0.39, 0.29) is 11.5 Å². The Morgan fingerprint density at radius 1 is 1.18 bits per heavy atom. The summed E-state index contributed by atoms with van der Waals surface area (Å²) in [6, 6.07) is 9.46. The van der Waals surface area contributed by atoms with Crippen LogP contribution in [-0.4, -0.2) is 40.8 Å². The highest BCUT2D eigenvalue weighted by Gasteiger charge is 2.21. The second-order valence-electron chi connectivity index (χ2n) is 7.36. The Morgan fingerprint density at radius 3 is 2.82 bits per heavy atom. The van der Waals surface area contributed by atoms with Crippen LogP contribution in [0.4, 0.5) is 0 Å². The van der Waals surface area contributed by atoms with E-state index >= 15 is 0 Å². The van der Waals surface area contributed by atoms with E-state index in [1.807, 2.05) is 58.7 Å². The van der Waals surface area contributed by atoms with Gasteiger partial charge >= 0.3 is 0 Å². The summed E-state index contributed by atoms with van der Waals surface area (Å²) in [5, 5.41) is 12.2. The number of carbonyl (C=O) groups excluding carboxylic acids is 1. The number of Topliss-reactive ketones (excluding diaryl/α,β-unsaturated/α-hetero) is 1. The zero-order valence-corrected chi connectivity index (χ0v) is 19.6. The van der Waals surface area contributed by atoms with Crippen molar-refractivity contribution in [1.82, 2.24) is 29.3 Å². The van der Waals surface area contributed by atoms with Crippen LogP contribution in [0.3, 0.4) is 0 Å². The monoisotopic (exact) mass is 476 g/mol. The maximum atomic E-state index is 13.1. The fourth-order valence-corrected chi connectivity index (χ4v) is 5.25. The van der Waals surface area contributed by atoms with E-state index in [2.05, 4.69) is 20.2 Å². The lowest BCUT2D eigenvalue weighted by atomic mass is 10.2. The molecule has 166 valence electrons. The van der Waals surface area contributed by atoms with Crippen molar-refractivity contribution in [2.24, 2.45) is 0 Å². The molecule has 10 heteroatoms. The van der Waals surface area contributed by atoms with E-state index < -0.39 is 0 Å². The standard InChI is InChI=1S/C23H20N6O2S2/c1-15-11-19(16(2)29(15)22-25-8-10-32-22)20(30)14-33-23-27-26-21(17-5-3-7-24-12-17)28(23)13-18-6-4-9-31-18/h3-12H,13-14H2,1-2H3. The number of thiazole rings is 1. The van der Waals surface area contributed by atoms with Gasteiger partial charge < -0.3 is 4.42 Å². The highest BCUT2D eigenvalue weighted by molar-refractivity contribution is 7.99. The molecular weight excluding hydrogens is 456 g/mol. The third-order valence-electron chi connectivity index (χ3n) is 5.21. The van der Waals surface area contributed by atoms with Gasteiger partial charge in [0.25, 0.3) is 0 Å². The molecule has 0 aliphatic carbocycles.